The number of carboxylic acids is 3. The second-order valence-corrected chi connectivity index (χ2v) is 9.37. The van der Waals surface area contributed by atoms with E-state index >= 15 is 0 Å². The fourth-order valence-corrected chi connectivity index (χ4v) is 3.33. The SMILES string of the molecule is C=C(C)C(=O)[O][Zr+3].CCCCC(CC)C(=O)[O-].CCCCC(CC)C(=O)[O-].CCCCC(CC)C(=O)[O-]. The zero-order valence-corrected chi connectivity index (χ0v) is 26.6. The van der Waals surface area contributed by atoms with Gasteiger partial charge in [-0.05, 0) is 56.3 Å². The van der Waals surface area contributed by atoms with Crippen molar-refractivity contribution < 1.29 is 62.5 Å². The second kappa shape index (κ2) is 30.7. The molecule has 0 N–H and O–H groups in total. The molecular formula is C28H50O8Zr. The predicted octanol–water partition coefficient (Wildman–Crippen LogP) is 3.43. The third-order valence-electron chi connectivity index (χ3n) is 5.64. The van der Waals surface area contributed by atoms with Gasteiger partial charge in [-0.25, -0.2) is 0 Å². The van der Waals surface area contributed by atoms with E-state index in [0.29, 0.717) is 24.8 Å². The summed E-state index contributed by atoms with van der Waals surface area (Å²) in [6.45, 7) is 16.8. The van der Waals surface area contributed by atoms with Crippen LogP contribution < -0.4 is 15.3 Å². The van der Waals surface area contributed by atoms with Crippen LogP contribution in [-0.4, -0.2) is 23.9 Å². The van der Waals surface area contributed by atoms with Crippen molar-refractivity contribution in [3.8, 4) is 0 Å². The third-order valence-corrected chi connectivity index (χ3v) is 6.09. The molecular weight excluding hydrogens is 556 g/mol. The molecule has 0 saturated carbocycles. The van der Waals surface area contributed by atoms with Gasteiger partial charge in [0.05, 0.1) is 0 Å². The fraction of sp³-hybridized carbons (Fsp3) is 0.786. The average Bonchev–Trinajstić information content (AvgIpc) is 2.85. The molecule has 3 unspecified atom stereocenters. The first-order chi connectivity index (χ1) is 17.3. The maximum atomic E-state index is 10.3. The first-order valence-corrected chi connectivity index (χ1v) is 14.5. The minimum absolute atomic E-state index is 0.222. The summed E-state index contributed by atoms with van der Waals surface area (Å²) >= 11 is 0.767. The van der Waals surface area contributed by atoms with Crippen LogP contribution in [0.4, 0.5) is 0 Å². The molecule has 9 heteroatoms. The van der Waals surface area contributed by atoms with Gasteiger partial charge < -0.3 is 29.7 Å². The molecule has 37 heavy (non-hydrogen) atoms. The van der Waals surface area contributed by atoms with Crippen molar-refractivity contribution in [1.82, 2.24) is 0 Å². The van der Waals surface area contributed by atoms with Crippen molar-refractivity contribution in [1.29, 1.82) is 0 Å². The van der Waals surface area contributed by atoms with Gasteiger partial charge in [-0.15, -0.1) is 0 Å². The van der Waals surface area contributed by atoms with Crippen molar-refractivity contribution >= 4 is 23.9 Å². The molecule has 0 amide bonds. The van der Waals surface area contributed by atoms with Crippen LogP contribution in [0.25, 0.3) is 0 Å². The first-order valence-electron chi connectivity index (χ1n) is 13.5. The summed E-state index contributed by atoms with van der Waals surface area (Å²) in [5, 5.41) is 31.0. The monoisotopic (exact) mass is 604 g/mol. The molecule has 0 aliphatic heterocycles. The van der Waals surface area contributed by atoms with Crippen molar-refractivity contribution in [2.75, 3.05) is 0 Å². The van der Waals surface area contributed by atoms with E-state index in [2.05, 4.69) is 30.2 Å². The summed E-state index contributed by atoms with van der Waals surface area (Å²) in [7, 11) is 0. The molecule has 0 radical (unpaired) electrons. The number of carbonyl (C=O) groups is 4. The molecule has 0 saturated heterocycles. The van der Waals surface area contributed by atoms with Crippen molar-refractivity contribution in [2.24, 2.45) is 17.8 Å². The van der Waals surface area contributed by atoms with Crippen LogP contribution >= 0.6 is 0 Å². The number of carboxylic acid groups (broad SMARTS) is 3. The zero-order chi connectivity index (χ0) is 29.8. The van der Waals surface area contributed by atoms with E-state index in [1.54, 1.807) is 6.92 Å². The molecule has 0 aromatic rings. The summed E-state index contributed by atoms with van der Waals surface area (Å²) < 4.78 is 4.36. The van der Waals surface area contributed by atoms with Gasteiger partial charge in [-0.1, -0.05) is 80.1 Å². The van der Waals surface area contributed by atoms with Crippen LogP contribution in [0.3, 0.4) is 0 Å². The maximum absolute atomic E-state index is 10.3. The number of aliphatic carboxylic acids is 3. The van der Waals surface area contributed by atoms with Crippen LogP contribution in [0.5, 0.6) is 0 Å². The minimum Gasteiger partial charge on any atom is -0.550 e. The Bertz CT molecular complexity index is 545. The van der Waals surface area contributed by atoms with Gasteiger partial charge in [0.15, 0.2) is 0 Å². The van der Waals surface area contributed by atoms with Crippen LogP contribution in [0.2, 0.25) is 0 Å². The Morgan fingerprint density at radius 3 is 0.973 bits per heavy atom. The van der Waals surface area contributed by atoms with E-state index in [1.165, 1.54) is 0 Å². The quantitative estimate of drug-likeness (QED) is 0.243. The summed E-state index contributed by atoms with van der Waals surface area (Å²) in [5.41, 5.74) is 0.455. The summed E-state index contributed by atoms with van der Waals surface area (Å²) in [5.74, 6) is -3.65. The molecule has 0 aromatic carbocycles. The third kappa shape index (κ3) is 30.6. The Labute approximate surface area is 241 Å². The number of rotatable bonds is 16. The smallest absolute Gasteiger partial charge is 0.0445 e. The van der Waals surface area contributed by atoms with Crippen LogP contribution in [0.1, 0.15) is 126 Å². The van der Waals surface area contributed by atoms with Gasteiger partial charge >= 0.3 is 57.8 Å². The van der Waals surface area contributed by atoms with E-state index in [1.807, 2.05) is 20.8 Å². The van der Waals surface area contributed by atoms with Gasteiger partial charge in [0.25, 0.3) is 0 Å². The summed E-state index contributed by atoms with van der Waals surface area (Å²) in [6.07, 6.45) is 10.6. The molecule has 0 heterocycles. The molecule has 8 nitrogen and oxygen atoms in total. The molecule has 0 aliphatic rings. The van der Waals surface area contributed by atoms with Gasteiger partial charge in [-0.2, -0.15) is 0 Å². The molecule has 0 fully saturated rings. The summed E-state index contributed by atoms with van der Waals surface area (Å²) in [4.78, 5) is 41.2. The molecule has 214 valence electrons. The zero-order valence-electron chi connectivity index (χ0n) is 24.2. The van der Waals surface area contributed by atoms with Crippen LogP contribution in [0, 0.1) is 17.8 Å². The number of hydrogen-bond donors (Lipinski definition) is 0. The maximum Gasteiger partial charge on any atom is 0.0445 e. The van der Waals surface area contributed by atoms with E-state index in [-0.39, 0.29) is 23.7 Å². The van der Waals surface area contributed by atoms with E-state index in [0.717, 1.165) is 82.9 Å². The van der Waals surface area contributed by atoms with Crippen LogP contribution in [-0.2, 0) is 47.2 Å². The van der Waals surface area contributed by atoms with Crippen molar-refractivity contribution in [3.05, 3.63) is 12.2 Å². The molecule has 0 bridgehead atoms. The first kappa shape index (κ1) is 42.6. The predicted molar refractivity (Wildman–Crippen MR) is 136 cm³/mol. The number of unbranched alkanes of at least 4 members (excludes halogenated alkanes) is 3. The Balaban J connectivity index is -0.000000198. The van der Waals surface area contributed by atoms with Crippen molar-refractivity contribution in [3.63, 3.8) is 0 Å². The van der Waals surface area contributed by atoms with Gasteiger partial charge in [0, 0.05) is 17.9 Å². The normalized spacial score (nSPS) is 12.0. The fourth-order valence-electron chi connectivity index (χ4n) is 2.90. The van der Waals surface area contributed by atoms with E-state index < -0.39 is 17.9 Å². The van der Waals surface area contributed by atoms with Crippen LogP contribution in [0.15, 0.2) is 12.2 Å². The summed E-state index contributed by atoms with van der Waals surface area (Å²) in [6, 6.07) is 0. The van der Waals surface area contributed by atoms with Crippen molar-refractivity contribution in [2.45, 2.75) is 126 Å². The Morgan fingerprint density at radius 1 is 0.649 bits per heavy atom. The minimum atomic E-state index is -0.893. The average molecular weight is 606 g/mol. The molecule has 0 aliphatic carbocycles. The largest absolute Gasteiger partial charge is 0.550 e. The standard InChI is InChI=1S/3C8H16O2.C4H6O2.Zr/c3*1-3-5-6-7(4-2)8(9)10;1-3(2)4(5)6;/h3*7H,3-6H2,1-2H3,(H,9,10);1H2,2H3,(H,5,6);/q;;;;+4/p-4. The molecule has 0 aromatic heterocycles. The van der Waals surface area contributed by atoms with E-state index in [4.69, 9.17) is 0 Å². The molecule has 3 atom stereocenters. The van der Waals surface area contributed by atoms with Gasteiger partial charge in [0.2, 0.25) is 0 Å². The van der Waals surface area contributed by atoms with Gasteiger partial charge in [-0.3, -0.25) is 0 Å². The molecule has 0 spiro atoms. The van der Waals surface area contributed by atoms with E-state index in [9.17, 15) is 34.5 Å². The topological polar surface area (TPSA) is 147 Å². The molecule has 0 rings (SSSR count). The number of hydrogen-bond acceptors (Lipinski definition) is 8. The number of carbonyl (C=O) groups excluding carboxylic acids is 4. The Kier molecular flexibility index (Phi) is 35.4. The van der Waals surface area contributed by atoms with Gasteiger partial charge in [0.1, 0.15) is 0 Å². The Morgan fingerprint density at radius 2 is 0.892 bits per heavy atom. The Hall–Kier alpha value is -1.50. The second-order valence-electron chi connectivity index (χ2n) is 8.87.